The van der Waals surface area contributed by atoms with Gasteiger partial charge in [0.2, 0.25) is 0 Å². The van der Waals surface area contributed by atoms with Gasteiger partial charge in [-0.1, -0.05) is 12.1 Å². The molecule has 6 nitrogen and oxygen atoms in total. The first-order valence-electron chi connectivity index (χ1n) is 9.31. The summed E-state index contributed by atoms with van der Waals surface area (Å²) in [4.78, 5) is 20.9. The van der Waals surface area contributed by atoms with Crippen molar-refractivity contribution in [3.63, 3.8) is 0 Å². The van der Waals surface area contributed by atoms with Crippen LogP contribution in [0.2, 0.25) is 0 Å². The third kappa shape index (κ3) is 3.12. The van der Waals surface area contributed by atoms with Gasteiger partial charge in [-0.3, -0.25) is 9.80 Å². The van der Waals surface area contributed by atoms with Gasteiger partial charge in [0.25, 0.3) is 0 Å². The number of amides is 2. The monoisotopic (exact) mass is 369 g/mol. The molecule has 2 atom stereocenters. The molecule has 2 amide bonds. The summed E-state index contributed by atoms with van der Waals surface area (Å²) in [6, 6.07) is 6.37. The van der Waals surface area contributed by atoms with E-state index in [1.807, 2.05) is 13.0 Å². The predicted molar refractivity (Wildman–Crippen MR) is 104 cm³/mol. The molecule has 0 saturated heterocycles. The Balaban J connectivity index is 1.81. The zero-order chi connectivity index (χ0) is 19.1. The van der Waals surface area contributed by atoms with Gasteiger partial charge in [0, 0.05) is 29.9 Å². The molecule has 1 aliphatic heterocycles. The molecule has 0 unspecified atom stereocenters. The summed E-state index contributed by atoms with van der Waals surface area (Å²) in [7, 11) is 0. The normalized spacial score (nSPS) is 22.7. The van der Waals surface area contributed by atoms with Crippen LogP contribution in [-0.4, -0.2) is 23.1 Å². The number of carbonyl (C=O) groups excluding carboxylic acids is 1. The van der Waals surface area contributed by atoms with Gasteiger partial charge < -0.3 is 11.5 Å². The second kappa shape index (κ2) is 6.81. The van der Waals surface area contributed by atoms with E-state index in [9.17, 15) is 9.18 Å². The van der Waals surface area contributed by atoms with E-state index in [1.54, 1.807) is 23.2 Å². The highest BCUT2D eigenvalue weighted by Crippen LogP contribution is 2.38. The highest BCUT2D eigenvalue weighted by Gasteiger charge is 2.38. The van der Waals surface area contributed by atoms with Crippen LogP contribution in [0.5, 0.6) is 0 Å². The van der Waals surface area contributed by atoms with Crippen molar-refractivity contribution in [2.24, 2.45) is 5.73 Å². The van der Waals surface area contributed by atoms with E-state index in [1.165, 1.54) is 11.0 Å². The van der Waals surface area contributed by atoms with Crippen molar-refractivity contribution < 1.29 is 9.18 Å². The summed E-state index contributed by atoms with van der Waals surface area (Å²) in [6.45, 7) is 2.07. The van der Waals surface area contributed by atoms with Crippen LogP contribution >= 0.6 is 0 Å². The molecule has 2 aromatic rings. The Morgan fingerprint density at radius 2 is 2.11 bits per heavy atom. The number of nitrogen functional groups attached to an aromatic ring is 1. The number of pyridine rings is 1. The van der Waals surface area contributed by atoms with E-state index in [4.69, 9.17) is 11.5 Å². The molecule has 0 bridgehead atoms. The lowest BCUT2D eigenvalue weighted by Gasteiger charge is -2.43. The summed E-state index contributed by atoms with van der Waals surface area (Å²) in [5.41, 5.74) is 14.7. The fourth-order valence-electron chi connectivity index (χ4n) is 4.23. The molecular formula is C20H24FN5O. The average molecular weight is 369 g/mol. The third-order valence-electron chi connectivity index (χ3n) is 5.52. The molecule has 1 aromatic heterocycles. The van der Waals surface area contributed by atoms with Gasteiger partial charge in [-0.2, -0.15) is 0 Å². The molecule has 1 aromatic carbocycles. The second-order valence-corrected chi connectivity index (χ2v) is 7.46. The maximum atomic E-state index is 14.6. The first-order chi connectivity index (χ1) is 13.0. The van der Waals surface area contributed by atoms with Gasteiger partial charge in [-0.25, -0.2) is 14.2 Å². The van der Waals surface area contributed by atoms with Gasteiger partial charge in [-0.15, -0.1) is 0 Å². The van der Waals surface area contributed by atoms with Crippen LogP contribution in [0.4, 0.5) is 26.4 Å². The lowest BCUT2D eigenvalue weighted by molar-refractivity contribution is 0.243. The molecule has 0 spiro atoms. The average Bonchev–Trinajstić information content (AvgIpc) is 2.62. The van der Waals surface area contributed by atoms with Crippen LogP contribution in [0.15, 0.2) is 30.5 Å². The number of benzene rings is 1. The molecule has 7 heteroatoms. The molecule has 27 heavy (non-hydrogen) atoms. The molecule has 1 aliphatic carbocycles. The summed E-state index contributed by atoms with van der Waals surface area (Å²) in [6.07, 6.45) is 5.18. The fraction of sp³-hybridized carbons (Fsp3) is 0.400. The van der Waals surface area contributed by atoms with Crippen LogP contribution in [0.1, 0.15) is 36.8 Å². The molecule has 1 saturated carbocycles. The lowest BCUT2D eigenvalue weighted by Crippen LogP contribution is -2.54. The molecule has 1 fully saturated rings. The van der Waals surface area contributed by atoms with Crippen molar-refractivity contribution in [1.29, 1.82) is 0 Å². The highest BCUT2D eigenvalue weighted by molar-refractivity contribution is 6.07. The quantitative estimate of drug-likeness (QED) is 0.850. The van der Waals surface area contributed by atoms with Crippen molar-refractivity contribution in [2.45, 2.75) is 51.2 Å². The van der Waals surface area contributed by atoms with Gasteiger partial charge in [0.05, 0.1) is 17.9 Å². The number of halogens is 1. The number of rotatable bonds is 2. The Kier molecular flexibility index (Phi) is 4.47. The van der Waals surface area contributed by atoms with Crippen LogP contribution in [-0.2, 0) is 6.54 Å². The number of carbonyl (C=O) groups is 1. The smallest absolute Gasteiger partial charge is 0.329 e. The topological polar surface area (TPSA) is 88.5 Å². The number of anilines is 3. The minimum absolute atomic E-state index is 0.0309. The van der Waals surface area contributed by atoms with E-state index < -0.39 is 5.82 Å². The largest absolute Gasteiger partial charge is 0.384 e. The van der Waals surface area contributed by atoms with E-state index in [0.717, 1.165) is 42.5 Å². The van der Waals surface area contributed by atoms with Crippen molar-refractivity contribution in [3.8, 4) is 0 Å². The number of nitrogens with zero attached hydrogens (tertiary/aromatic N) is 3. The van der Waals surface area contributed by atoms with Crippen LogP contribution in [0.25, 0.3) is 0 Å². The third-order valence-corrected chi connectivity index (χ3v) is 5.52. The summed E-state index contributed by atoms with van der Waals surface area (Å²) < 4.78 is 14.6. The van der Waals surface area contributed by atoms with E-state index in [-0.39, 0.29) is 24.7 Å². The molecule has 4 rings (SSSR count). The van der Waals surface area contributed by atoms with Crippen LogP contribution in [0, 0.1) is 12.7 Å². The van der Waals surface area contributed by atoms with Gasteiger partial charge >= 0.3 is 6.03 Å². The van der Waals surface area contributed by atoms with E-state index >= 15 is 0 Å². The molecule has 4 N–H and O–H groups in total. The maximum Gasteiger partial charge on any atom is 0.329 e. The Hall–Kier alpha value is -2.67. The lowest BCUT2D eigenvalue weighted by atomic mass is 9.89. The van der Waals surface area contributed by atoms with Crippen molar-refractivity contribution in [1.82, 2.24) is 4.98 Å². The Labute approximate surface area is 158 Å². The first kappa shape index (κ1) is 17.7. The van der Waals surface area contributed by atoms with E-state index in [0.29, 0.717) is 11.5 Å². The Morgan fingerprint density at radius 1 is 1.30 bits per heavy atom. The minimum atomic E-state index is -0.407. The van der Waals surface area contributed by atoms with Crippen molar-refractivity contribution >= 4 is 23.2 Å². The van der Waals surface area contributed by atoms with Crippen LogP contribution < -0.4 is 21.3 Å². The number of hydrogen-bond donors (Lipinski definition) is 2. The fourth-order valence-corrected chi connectivity index (χ4v) is 4.23. The summed E-state index contributed by atoms with van der Waals surface area (Å²) in [5.74, 6) is -0.0438. The van der Waals surface area contributed by atoms with Crippen molar-refractivity contribution in [3.05, 3.63) is 47.4 Å². The highest BCUT2D eigenvalue weighted by atomic mass is 19.1. The zero-order valence-corrected chi connectivity index (χ0v) is 15.4. The number of fused-ring (bicyclic) bond motifs is 1. The number of aryl methyl sites for hydroxylation is 1. The van der Waals surface area contributed by atoms with Crippen molar-refractivity contribution in [2.75, 3.05) is 15.5 Å². The molecule has 142 valence electrons. The molecule has 0 radical (unpaired) electrons. The number of urea groups is 1. The number of hydrogen-bond acceptors (Lipinski definition) is 4. The second-order valence-electron chi connectivity index (χ2n) is 7.46. The molecular weight excluding hydrogens is 345 g/mol. The van der Waals surface area contributed by atoms with Gasteiger partial charge in [0.1, 0.15) is 11.6 Å². The van der Waals surface area contributed by atoms with Crippen LogP contribution in [0.3, 0.4) is 0 Å². The summed E-state index contributed by atoms with van der Waals surface area (Å²) >= 11 is 0. The maximum absolute atomic E-state index is 14.6. The molecule has 2 aliphatic rings. The number of nitrogens with two attached hydrogens (primary N) is 2. The number of para-hydroxylation sites is 1. The van der Waals surface area contributed by atoms with Gasteiger partial charge in [0.15, 0.2) is 0 Å². The predicted octanol–water partition coefficient (Wildman–Crippen LogP) is 3.33. The van der Waals surface area contributed by atoms with Gasteiger partial charge in [-0.05, 0) is 44.2 Å². The molecule has 2 heterocycles. The SMILES string of the molecule is Cc1cccc(F)c1N1Cc2cnc(N)cc2N([C@H]2CCC[C@@H](N)C2)C1=O. The first-order valence-corrected chi connectivity index (χ1v) is 9.31. The summed E-state index contributed by atoms with van der Waals surface area (Å²) in [5, 5.41) is 0. The Morgan fingerprint density at radius 3 is 2.85 bits per heavy atom. The van der Waals surface area contributed by atoms with E-state index in [2.05, 4.69) is 4.98 Å². The number of aromatic nitrogens is 1. The standard InChI is InChI=1S/C20H24FN5O/c1-12-4-2-7-16(21)19(12)25-11-13-10-24-18(23)9-17(13)26(20(25)27)15-6-3-5-14(22)8-15/h2,4,7,9-10,14-15H,3,5-6,8,11,22H2,1H3,(H2,23,24)/t14-,15+/m1/s1. The minimum Gasteiger partial charge on any atom is -0.384 e. The zero-order valence-electron chi connectivity index (χ0n) is 15.4. The Bertz CT molecular complexity index is 866.